The molecule has 1 amide bonds. The number of aliphatic carboxylic acids is 1. The molecular formula is C14H28N2O3. The molecule has 0 spiro atoms. The summed E-state index contributed by atoms with van der Waals surface area (Å²) >= 11 is 0. The smallest absolute Gasteiger partial charge is 0.316 e. The first-order chi connectivity index (χ1) is 8.57. The van der Waals surface area contributed by atoms with Crippen LogP contribution in [0.4, 0.5) is 0 Å². The van der Waals surface area contributed by atoms with Gasteiger partial charge in [-0.05, 0) is 39.3 Å². The molecular weight excluding hydrogens is 244 g/mol. The molecule has 2 N–H and O–H groups in total. The second-order valence-electron chi connectivity index (χ2n) is 6.36. The van der Waals surface area contributed by atoms with Crippen molar-refractivity contribution in [2.24, 2.45) is 11.3 Å². The second-order valence-corrected chi connectivity index (χ2v) is 6.36. The molecule has 0 saturated carbocycles. The number of carboxylic acid groups (broad SMARTS) is 1. The predicted molar refractivity (Wildman–Crippen MR) is 76.0 cm³/mol. The van der Waals surface area contributed by atoms with Crippen molar-refractivity contribution in [3.8, 4) is 0 Å². The van der Waals surface area contributed by atoms with Gasteiger partial charge in [0.15, 0.2) is 0 Å². The van der Waals surface area contributed by atoms with Crippen molar-refractivity contribution < 1.29 is 14.7 Å². The first kappa shape index (κ1) is 17.9. The zero-order valence-electron chi connectivity index (χ0n) is 13.0. The highest BCUT2D eigenvalue weighted by Gasteiger charge is 2.37. The fourth-order valence-electron chi connectivity index (χ4n) is 1.78. The number of amides is 1. The highest BCUT2D eigenvalue weighted by atomic mass is 16.4. The Balaban J connectivity index is 4.20. The molecule has 0 aliphatic rings. The van der Waals surface area contributed by atoms with Crippen molar-refractivity contribution in [2.75, 3.05) is 20.1 Å². The third-order valence-corrected chi connectivity index (χ3v) is 3.24. The van der Waals surface area contributed by atoms with Gasteiger partial charge >= 0.3 is 5.97 Å². The van der Waals surface area contributed by atoms with Gasteiger partial charge in [0.05, 0.1) is 0 Å². The van der Waals surface area contributed by atoms with Crippen molar-refractivity contribution in [2.45, 2.75) is 47.1 Å². The van der Waals surface area contributed by atoms with Gasteiger partial charge < -0.3 is 15.3 Å². The van der Waals surface area contributed by atoms with E-state index >= 15 is 0 Å². The molecule has 19 heavy (non-hydrogen) atoms. The number of carboxylic acids is 1. The average molecular weight is 272 g/mol. The maximum atomic E-state index is 11.9. The topological polar surface area (TPSA) is 69.6 Å². The standard InChI is InChI=1S/C14H28N2O3/c1-10(2)16(6)9-7-8-15-12(17)11(13(18)19)14(3,4)5/h10-11H,7-9H2,1-6H3,(H,15,17)(H,18,19). The first-order valence-corrected chi connectivity index (χ1v) is 6.78. The van der Waals surface area contributed by atoms with E-state index in [9.17, 15) is 9.59 Å². The van der Waals surface area contributed by atoms with Crippen LogP contribution in [-0.2, 0) is 9.59 Å². The predicted octanol–water partition coefficient (Wildman–Crippen LogP) is 1.58. The van der Waals surface area contributed by atoms with Crippen LogP contribution >= 0.6 is 0 Å². The van der Waals surface area contributed by atoms with Gasteiger partial charge in [-0.3, -0.25) is 9.59 Å². The Morgan fingerprint density at radius 2 is 1.79 bits per heavy atom. The van der Waals surface area contributed by atoms with Gasteiger partial charge in [-0.2, -0.15) is 0 Å². The van der Waals surface area contributed by atoms with Crippen molar-refractivity contribution in [3.63, 3.8) is 0 Å². The number of hydrogen-bond donors (Lipinski definition) is 2. The van der Waals surface area contributed by atoms with Crippen molar-refractivity contribution in [1.82, 2.24) is 10.2 Å². The van der Waals surface area contributed by atoms with Crippen LogP contribution in [0.1, 0.15) is 41.0 Å². The molecule has 1 unspecified atom stereocenters. The summed E-state index contributed by atoms with van der Waals surface area (Å²) in [6, 6.07) is 0.469. The van der Waals surface area contributed by atoms with Gasteiger partial charge in [-0.25, -0.2) is 0 Å². The van der Waals surface area contributed by atoms with E-state index in [0.717, 1.165) is 13.0 Å². The van der Waals surface area contributed by atoms with Gasteiger partial charge in [0.2, 0.25) is 5.91 Å². The third-order valence-electron chi connectivity index (χ3n) is 3.24. The highest BCUT2D eigenvalue weighted by molar-refractivity contribution is 5.97. The molecule has 0 saturated heterocycles. The largest absolute Gasteiger partial charge is 0.481 e. The molecule has 0 heterocycles. The molecule has 5 heteroatoms. The minimum Gasteiger partial charge on any atom is -0.481 e. The molecule has 0 aromatic heterocycles. The lowest BCUT2D eigenvalue weighted by Crippen LogP contribution is -2.43. The van der Waals surface area contributed by atoms with Crippen LogP contribution in [-0.4, -0.2) is 48.1 Å². The summed E-state index contributed by atoms with van der Waals surface area (Å²) in [5.74, 6) is -2.47. The van der Waals surface area contributed by atoms with Gasteiger partial charge in [-0.1, -0.05) is 20.8 Å². The molecule has 112 valence electrons. The summed E-state index contributed by atoms with van der Waals surface area (Å²) in [5.41, 5.74) is -0.579. The van der Waals surface area contributed by atoms with E-state index in [1.165, 1.54) is 0 Å². The number of nitrogens with one attached hydrogen (secondary N) is 1. The van der Waals surface area contributed by atoms with Gasteiger partial charge in [0.1, 0.15) is 5.92 Å². The van der Waals surface area contributed by atoms with Crippen LogP contribution in [0.5, 0.6) is 0 Å². The van der Waals surface area contributed by atoms with E-state index in [4.69, 9.17) is 5.11 Å². The molecule has 0 radical (unpaired) electrons. The highest BCUT2D eigenvalue weighted by Crippen LogP contribution is 2.26. The molecule has 0 rings (SSSR count). The van der Waals surface area contributed by atoms with E-state index < -0.39 is 23.2 Å². The maximum Gasteiger partial charge on any atom is 0.316 e. The lowest BCUT2D eigenvalue weighted by atomic mass is 9.80. The molecule has 0 bridgehead atoms. The monoisotopic (exact) mass is 272 g/mol. The minimum absolute atomic E-state index is 0.396. The Hall–Kier alpha value is -1.10. The van der Waals surface area contributed by atoms with Crippen LogP contribution < -0.4 is 5.32 Å². The first-order valence-electron chi connectivity index (χ1n) is 6.78. The minimum atomic E-state index is -1.07. The summed E-state index contributed by atoms with van der Waals surface area (Å²) in [7, 11) is 2.03. The zero-order valence-corrected chi connectivity index (χ0v) is 13.0. The summed E-state index contributed by atoms with van der Waals surface area (Å²) in [5, 5.41) is 11.8. The lowest BCUT2D eigenvalue weighted by molar-refractivity contribution is -0.151. The lowest BCUT2D eigenvalue weighted by Gasteiger charge is -2.26. The Morgan fingerprint density at radius 1 is 1.26 bits per heavy atom. The molecule has 0 fully saturated rings. The van der Waals surface area contributed by atoms with Gasteiger partial charge in [-0.15, -0.1) is 0 Å². The van der Waals surface area contributed by atoms with E-state index in [-0.39, 0.29) is 0 Å². The fourth-order valence-corrected chi connectivity index (χ4v) is 1.78. The Kier molecular flexibility index (Phi) is 7.05. The maximum absolute atomic E-state index is 11.9. The van der Waals surface area contributed by atoms with Crippen molar-refractivity contribution in [1.29, 1.82) is 0 Å². The quantitative estimate of drug-likeness (QED) is 0.545. The van der Waals surface area contributed by atoms with Crippen LogP contribution in [0.25, 0.3) is 0 Å². The van der Waals surface area contributed by atoms with Gasteiger partial charge in [0.25, 0.3) is 0 Å². The van der Waals surface area contributed by atoms with Crippen LogP contribution in [0.3, 0.4) is 0 Å². The van der Waals surface area contributed by atoms with Crippen LogP contribution in [0, 0.1) is 11.3 Å². The number of rotatable bonds is 7. The van der Waals surface area contributed by atoms with E-state index in [1.54, 1.807) is 20.8 Å². The molecule has 0 aromatic carbocycles. The van der Waals surface area contributed by atoms with Crippen LogP contribution in [0.15, 0.2) is 0 Å². The summed E-state index contributed by atoms with van der Waals surface area (Å²) < 4.78 is 0. The van der Waals surface area contributed by atoms with E-state index in [0.29, 0.717) is 12.6 Å². The average Bonchev–Trinajstić information content (AvgIpc) is 2.21. The van der Waals surface area contributed by atoms with Crippen LogP contribution in [0.2, 0.25) is 0 Å². The number of carbonyl (C=O) groups is 2. The number of hydrogen-bond acceptors (Lipinski definition) is 3. The Labute approximate surface area is 116 Å². The summed E-state index contributed by atoms with van der Waals surface area (Å²) in [4.78, 5) is 25.2. The third kappa shape index (κ3) is 6.57. The zero-order chi connectivity index (χ0) is 15.2. The summed E-state index contributed by atoms with van der Waals surface area (Å²) in [6.45, 7) is 10.9. The number of nitrogens with zero attached hydrogens (tertiary/aromatic N) is 1. The van der Waals surface area contributed by atoms with Crippen molar-refractivity contribution in [3.05, 3.63) is 0 Å². The Bertz CT molecular complexity index is 308. The van der Waals surface area contributed by atoms with Crippen molar-refractivity contribution >= 4 is 11.9 Å². The normalized spacial score (nSPS) is 13.7. The molecule has 0 aliphatic heterocycles. The molecule has 0 aliphatic carbocycles. The van der Waals surface area contributed by atoms with E-state index in [1.807, 2.05) is 7.05 Å². The SMILES string of the molecule is CC(C)N(C)CCCNC(=O)C(C(=O)O)C(C)(C)C. The molecule has 5 nitrogen and oxygen atoms in total. The van der Waals surface area contributed by atoms with Gasteiger partial charge in [0, 0.05) is 12.6 Å². The number of carbonyl (C=O) groups excluding carboxylic acids is 1. The Morgan fingerprint density at radius 3 is 2.16 bits per heavy atom. The second kappa shape index (κ2) is 7.48. The van der Waals surface area contributed by atoms with E-state index in [2.05, 4.69) is 24.1 Å². The fraction of sp³-hybridized carbons (Fsp3) is 0.857. The summed E-state index contributed by atoms with van der Waals surface area (Å²) in [6.07, 6.45) is 0.816. The molecule has 1 atom stereocenters. The molecule has 0 aromatic rings.